The van der Waals surface area contributed by atoms with Crippen LogP contribution in [0.5, 0.6) is 0 Å². The molecule has 7 nitrogen and oxygen atoms in total. The second kappa shape index (κ2) is 10.1. The van der Waals surface area contributed by atoms with Gasteiger partial charge in [0.05, 0.1) is 16.7 Å². The maximum absolute atomic E-state index is 13.3. The number of aromatic nitrogens is 2. The van der Waals surface area contributed by atoms with Crippen molar-refractivity contribution in [3.63, 3.8) is 0 Å². The van der Waals surface area contributed by atoms with E-state index in [1.807, 2.05) is 43.3 Å². The third-order valence-electron chi connectivity index (χ3n) is 5.10. The van der Waals surface area contributed by atoms with Crippen molar-refractivity contribution in [2.75, 3.05) is 17.2 Å². The molecule has 0 aliphatic heterocycles. The highest BCUT2D eigenvalue weighted by Crippen LogP contribution is 2.30. The van der Waals surface area contributed by atoms with Crippen LogP contribution in [0.2, 0.25) is 5.02 Å². The van der Waals surface area contributed by atoms with E-state index in [0.29, 0.717) is 29.3 Å². The van der Waals surface area contributed by atoms with Crippen LogP contribution in [0.15, 0.2) is 66.7 Å². The third kappa shape index (κ3) is 5.22. The molecule has 1 heterocycles. The number of anilines is 2. The highest BCUT2D eigenvalue weighted by Gasteiger charge is 2.13. The zero-order valence-corrected chi connectivity index (χ0v) is 18.9. The molecule has 0 unspecified atom stereocenters. The highest BCUT2D eigenvalue weighted by molar-refractivity contribution is 6.31. The van der Waals surface area contributed by atoms with Gasteiger partial charge in [-0.05, 0) is 37.3 Å². The predicted molar refractivity (Wildman–Crippen MR) is 131 cm³/mol. The summed E-state index contributed by atoms with van der Waals surface area (Å²) in [5, 5.41) is 28.2. The van der Waals surface area contributed by atoms with E-state index in [1.54, 1.807) is 12.1 Å². The first kappa shape index (κ1) is 23.0. The Kier molecular flexibility index (Phi) is 6.85. The monoisotopic (exact) mass is 474 g/mol. The molecule has 170 valence electrons. The van der Waals surface area contributed by atoms with E-state index in [-0.39, 0.29) is 11.1 Å². The number of fused-ring (bicyclic) bond motifs is 1. The lowest BCUT2D eigenvalue weighted by molar-refractivity contribution is 0.252. The van der Waals surface area contributed by atoms with Gasteiger partial charge in [-0.1, -0.05) is 48.0 Å². The molecule has 2 amide bonds. The molecule has 9 heteroatoms. The first-order valence-electron chi connectivity index (χ1n) is 10.5. The number of carbonyl (C=O) groups is 1. The zero-order chi connectivity index (χ0) is 24.1. The Morgan fingerprint density at radius 3 is 2.53 bits per heavy atom. The fourth-order valence-corrected chi connectivity index (χ4v) is 3.59. The number of hydrogen-bond donors (Lipinski definition) is 3. The highest BCUT2D eigenvalue weighted by atomic mass is 35.5. The van der Waals surface area contributed by atoms with Crippen LogP contribution in [0, 0.1) is 17.1 Å². The van der Waals surface area contributed by atoms with Gasteiger partial charge in [-0.2, -0.15) is 5.26 Å². The van der Waals surface area contributed by atoms with Crippen molar-refractivity contribution in [3.8, 4) is 17.3 Å². The molecule has 3 aromatic carbocycles. The Hall–Kier alpha value is -4.22. The molecule has 0 aliphatic rings. The van der Waals surface area contributed by atoms with Crippen LogP contribution in [-0.4, -0.2) is 28.8 Å². The minimum atomic E-state index is -0.552. The molecule has 0 saturated heterocycles. The fraction of sp³-hybridized carbons (Fsp3) is 0.120. The van der Waals surface area contributed by atoms with Crippen molar-refractivity contribution in [2.45, 2.75) is 13.0 Å². The van der Waals surface area contributed by atoms with E-state index in [2.05, 4.69) is 32.2 Å². The minimum absolute atomic E-state index is 0.0669. The summed E-state index contributed by atoms with van der Waals surface area (Å²) in [5.41, 5.74) is 2.54. The Bertz CT molecular complexity index is 1390. The first-order valence-corrected chi connectivity index (χ1v) is 10.8. The lowest BCUT2D eigenvalue weighted by Gasteiger charge is -2.17. The molecule has 0 radical (unpaired) electrons. The van der Waals surface area contributed by atoms with Gasteiger partial charge in [-0.25, -0.2) is 9.18 Å². The second-order valence-electron chi connectivity index (χ2n) is 7.64. The van der Waals surface area contributed by atoms with E-state index in [0.717, 1.165) is 16.3 Å². The van der Waals surface area contributed by atoms with Crippen LogP contribution < -0.4 is 16.0 Å². The Labute approximate surface area is 200 Å². The normalized spacial score (nSPS) is 11.5. The summed E-state index contributed by atoms with van der Waals surface area (Å²) in [6.07, 6.45) is 0. The number of hydrogen-bond acceptors (Lipinski definition) is 5. The number of nitrogens with one attached hydrogen (secondary N) is 3. The van der Waals surface area contributed by atoms with E-state index in [4.69, 9.17) is 16.9 Å². The number of nitriles is 1. The maximum Gasteiger partial charge on any atom is 0.319 e. The quantitative estimate of drug-likeness (QED) is 0.338. The van der Waals surface area contributed by atoms with Gasteiger partial charge in [0.1, 0.15) is 11.5 Å². The molecule has 3 N–H and O–H groups in total. The lowest BCUT2D eigenvalue weighted by atomic mass is 10.0. The summed E-state index contributed by atoms with van der Waals surface area (Å²) in [6, 6.07) is 20.4. The van der Waals surface area contributed by atoms with Crippen molar-refractivity contribution in [1.82, 2.24) is 15.5 Å². The summed E-state index contributed by atoms with van der Waals surface area (Å²) in [5.74, 6) is 0.0389. The summed E-state index contributed by atoms with van der Waals surface area (Å²) in [7, 11) is 0. The SMILES string of the molecule is C[C@@H](CNC(=O)Nc1ccc(F)c(Cl)c1)Nc1nnc(-c2ccc(C#N)cc2)c2ccccc12. The smallest absolute Gasteiger partial charge is 0.319 e. The molecule has 0 spiro atoms. The van der Waals surface area contributed by atoms with Gasteiger partial charge in [0, 0.05) is 34.6 Å². The number of halogens is 2. The van der Waals surface area contributed by atoms with Crippen LogP contribution in [-0.2, 0) is 0 Å². The van der Waals surface area contributed by atoms with Crippen molar-refractivity contribution >= 4 is 39.9 Å². The maximum atomic E-state index is 13.3. The second-order valence-corrected chi connectivity index (χ2v) is 8.05. The number of amides is 2. The topological polar surface area (TPSA) is 103 Å². The van der Waals surface area contributed by atoms with Crippen molar-refractivity contribution < 1.29 is 9.18 Å². The van der Waals surface area contributed by atoms with E-state index >= 15 is 0 Å². The molecular weight excluding hydrogens is 455 g/mol. The zero-order valence-electron chi connectivity index (χ0n) is 18.1. The van der Waals surface area contributed by atoms with Gasteiger partial charge in [0.2, 0.25) is 0 Å². The van der Waals surface area contributed by atoms with Gasteiger partial charge >= 0.3 is 6.03 Å². The van der Waals surface area contributed by atoms with Crippen LogP contribution in [0.4, 0.5) is 20.7 Å². The van der Waals surface area contributed by atoms with Crippen LogP contribution in [0.3, 0.4) is 0 Å². The summed E-state index contributed by atoms with van der Waals surface area (Å²) in [4.78, 5) is 12.2. The number of urea groups is 1. The Balaban J connectivity index is 1.45. The molecule has 34 heavy (non-hydrogen) atoms. The first-order chi connectivity index (χ1) is 16.4. The summed E-state index contributed by atoms with van der Waals surface area (Å²) in [6.45, 7) is 2.20. The Morgan fingerprint density at radius 2 is 1.82 bits per heavy atom. The molecule has 0 saturated carbocycles. The molecule has 0 bridgehead atoms. The Morgan fingerprint density at radius 1 is 1.09 bits per heavy atom. The van der Waals surface area contributed by atoms with Gasteiger partial charge in [0.25, 0.3) is 0 Å². The lowest BCUT2D eigenvalue weighted by Crippen LogP contribution is -2.37. The van der Waals surface area contributed by atoms with Gasteiger partial charge in [0.15, 0.2) is 5.82 Å². The van der Waals surface area contributed by atoms with Crippen LogP contribution >= 0.6 is 11.6 Å². The molecule has 0 fully saturated rings. The van der Waals surface area contributed by atoms with Gasteiger partial charge in [-0.15, -0.1) is 10.2 Å². The molecule has 4 aromatic rings. The van der Waals surface area contributed by atoms with E-state index in [1.165, 1.54) is 18.2 Å². The fourth-order valence-electron chi connectivity index (χ4n) is 3.41. The summed E-state index contributed by atoms with van der Waals surface area (Å²) < 4.78 is 13.3. The number of nitrogens with zero attached hydrogens (tertiary/aromatic N) is 3. The summed E-state index contributed by atoms with van der Waals surface area (Å²) >= 11 is 5.74. The van der Waals surface area contributed by atoms with Crippen molar-refractivity contribution in [1.29, 1.82) is 5.26 Å². The number of carbonyl (C=O) groups excluding carboxylic acids is 1. The van der Waals surface area contributed by atoms with E-state index < -0.39 is 11.8 Å². The van der Waals surface area contributed by atoms with Gasteiger partial charge in [-0.3, -0.25) is 0 Å². The molecule has 0 aliphatic carbocycles. The van der Waals surface area contributed by atoms with Crippen molar-refractivity contribution in [3.05, 3.63) is 83.1 Å². The minimum Gasteiger partial charge on any atom is -0.364 e. The van der Waals surface area contributed by atoms with Crippen molar-refractivity contribution in [2.24, 2.45) is 0 Å². The standard InChI is InChI=1S/C25H20ClFN6O/c1-15(14-29-25(34)31-18-10-11-22(27)21(26)12-18)30-24-20-5-3-2-4-19(20)23(32-33-24)17-8-6-16(13-28)7-9-17/h2-12,15H,14H2,1H3,(H,30,33)(H2,29,31,34)/t15-/m0/s1. The third-order valence-corrected chi connectivity index (χ3v) is 5.39. The average molecular weight is 475 g/mol. The average Bonchev–Trinajstić information content (AvgIpc) is 2.85. The molecule has 4 rings (SSSR count). The predicted octanol–water partition coefficient (Wildman–Crippen LogP) is 5.58. The number of rotatable bonds is 6. The number of benzene rings is 3. The molecular formula is C25H20ClFN6O. The van der Waals surface area contributed by atoms with Gasteiger partial charge < -0.3 is 16.0 Å². The molecule has 1 atom stereocenters. The molecule has 1 aromatic heterocycles. The largest absolute Gasteiger partial charge is 0.364 e. The van der Waals surface area contributed by atoms with E-state index in [9.17, 15) is 9.18 Å². The van der Waals surface area contributed by atoms with Crippen LogP contribution in [0.1, 0.15) is 12.5 Å². The van der Waals surface area contributed by atoms with Crippen LogP contribution in [0.25, 0.3) is 22.0 Å².